The largest absolute Gasteiger partial charge is 0.350 e. The van der Waals surface area contributed by atoms with E-state index in [1.807, 2.05) is 52.0 Å². The maximum Gasteiger partial charge on any atom is 0.309 e. The fourth-order valence-corrected chi connectivity index (χ4v) is 2.86. The fourth-order valence-electron chi connectivity index (χ4n) is 2.86. The van der Waals surface area contributed by atoms with Crippen molar-refractivity contribution in [1.82, 2.24) is 20.1 Å². The molecule has 1 heterocycles. The maximum absolute atomic E-state index is 12.0. The van der Waals surface area contributed by atoms with Crippen LogP contribution in [0.3, 0.4) is 0 Å². The van der Waals surface area contributed by atoms with E-state index in [2.05, 4.69) is 33.5 Å². The molecule has 0 fully saturated rings. The van der Waals surface area contributed by atoms with Crippen molar-refractivity contribution in [2.24, 2.45) is 13.0 Å². The van der Waals surface area contributed by atoms with Crippen LogP contribution in [0.15, 0.2) is 30.5 Å². The third-order valence-corrected chi connectivity index (χ3v) is 4.24. The number of para-hydroxylation sites is 1. The lowest BCUT2D eigenvalue weighted by Crippen LogP contribution is -2.43. The topological polar surface area (TPSA) is 66.4 Å². The summed E-state index contributed by atoms with van der Waals surface area (Å²) >= 11 is 0. The minimum atomic E-state index is -0.590. The van der Waals surface area contributed by atoms with E-state index in [0.717, 1.165) is 16.5 Å². The maximum atomic E-state index is 12.0. The van der Waals surface area contributed by atoms with Gasteiger partial charge in [-0.3, -0.25) is 9.59 Å². The lowest BCUT2D eigenvalue weighted by atomic mass is 10.0. The number of carbonyl (C=O) groups is 2. The average molecular weight is 344 g/mol. The minimum Gasteiger partial charge on any atom is -0.350 e. The number of benzene rings is 1. The van der Waals surface area contributed by atoms with Gasteiger partial charge < -0.3 is 20.1 Å². The SMILES string of the molecule is CC(C)CNC(=O)C(=O)NCC(c1cn(C)c2ccccc12)N(C)C. The number of nitrogens with zero attached hydrogens (tertiary/aromatic N) is 2. The van der Waals surface area contributed by atoms with Crippen molar-refractivity contribution in [3.05, 3.63) is 36.0 Å². The molecule has 1 atom stereocenters. The monoisotopic (exact) mass is 344 g/mol. The molecule has 0 aliphatic heterocycles. The smallest absolute Gasteiger partial charge is 0.309 e. The van der Waals surface area contributed by atoms with Crippen molar-refractivity contribution in [2.45, 2.75) is 19.9 Å². The normalized spacial score (nSPS) is 12.6. The third kappa shape index (κ3) is 4.60. The predicted molar refractivity (Wildman–Crippen MR) is 100 cm³/mol. The highest BCUT2D eigenvalue weighted by atomic mass is 16.2. The molecule has 1 aromatic carbocycles. The Labute approximate surface area is 149 Å². The molecule has 0 bridgehead atoms. The summed E-state index contributed by atoms with van der Waals surface area (Å²) in [7, 11) is 5.95. The molecule has 0 saturated heterocycles. The molecule has 0 radical (unpaired) electrons. The zero-order chi connectivity index (χ0) is 18.6. The van der Waals surface area contributed by atoms with Crippen molar-refractivity contribution < 1.29 is 9.59 Å². The van der Waals surface area contributed by atoms with E-state index in [1.54, 1.807) is 0 Å². The van der Waals surface area contributed by atoms with Crippen molar-refractivity contribution in [3.63, 3.8) is 0 Å². The summed E-state index contributed by atoms with van der Waals surface area (Å²) < 4.78 is 2.08. The second kappa shape index (κ2) is 8.16. The Morgan fingerprint density at radius 1 is 1.08 bits per heavy atom. The average Bonchev–Trinajstić information content (AvgIpc) is 2.89. The molecule has 2 aromatic rings. The first-order valence-electron chi connectivity index (χ1n) is 8.57. The van der Waals surface area contributed by atoms with Gasteiger partial charge in [-0.2, -0.15) is 0 Å². The third-order valence-electron chi connectivity index (χ3n) is 4.24. The number of nitrogens with one attached hydrogen (secondary N) is 2. The van der Waals surface area contributed by atoms with Gasteiger partial charge in [-0.1, -0.05) is 32.0 Å². The molecule has 2 N–H and O–H groups in total. The van der Waals surface area contributed by atoms with Gasteiger partial charge in [0.1, 0.15) is 0 Å². The summed E-state index contributed by atoms with van der Waals surface area (Å²) in [4.78, 5) is 25.9. The molecule has 0 saturated carbocycles. The molecule has 0 aliphatic rings. The van der Waals surface area contributed by atoms with Gasteiger partial charge in [-0.15, -0.1) is 0 Å². The number of aromatic nitrogens is 1. The first-order valence-corrected chi connectivity index (χ1v) is 8.57. The van der Waals surface area contributed by atoms with Crippen LogP contribution in [0.4, 0.5) is 0 Å². The Bertz CT molecular complexity index is 749. The van der Waals surface area contributed by atoms with Gasteiger partial charge in [0.2, 0.25) is 0 Å². The molecule has 6 nitrogen and oxygen atoms in total. The van der Waals surface area contributed by atoms with Gasteiger partial charge in [0.25, 0.3) is 0 Å². The highest BCUT2D eigenvalue weighted by Gasteiger charge is 2.21. The van der Waals surface area contributed by atoms with Crippen LogP contribution in [-0.2, 0) is 16.6 Å². The van der Waals surface area contributed by atoms with E-state index < -0.39 is 11.8 Å². The van der Waals surface area contributed by atoms with Crippen LogP contribution in [0.1, 0.15) is 25.5 Å². The first-order chi connectivity index (χ1) is 11.8. The van der Waals surface area contributed by atoms with E-state index in [4.69, 9.17) is 0 Å². The number of rotatable bonds is 6. The van der Waals surface area contributed by atoms with E-state index in [9.17, 15) is 9.59 Å². The molecule has 6 heteroatoms. The van der Waals surface area contributed by atoms with Gasteiger partial charge in [0, 0.05) is 37.2 Å². The van der Waals surface area contributed by atoms with Crippen LogP contribution in [0, 0.1) is 5.92 Å². The molecule has 0 aliphatic carbocycles. The van der Waals surface area contributed by atoms with Crippen LogP contribution in [0.25, 0.3) is 10.9 Å². The van der Waals surface area contributed by atoms with Crippen LogP contribution in [0.2, 0.25) is 0 Å². The Hall–Kier alpha value is -2.34. The number of hydrogen-bond donors (Lipinski definition) is 2. The number of amides is 2. The van der Waals surface area contributed by atoms with Crippen molar-refractivity contribution in [1.29, 1.82) is 0 Å². The van der Waals surface area contributed by atoms with Crippen LogP contribution in [-0.4, -0.2) is 48.5 Å². The van der Waals surface area contributed by atoms with Crippen molar-refractivity contribution in [3.8, 4) is 0 Å². The summed E-state index contributed by atoms with van der Waals surface area (Å²) in [6, 6.07) is 8.16. The van der Waals surface area contributed by atoms with Gasteiger partial charge in [-0.25, -0.2) is 0 Å². The summed E-state index contributed by atoms with van der Waals surface area (Å²) in [6.07, 6.45) is 2.08. The minimum absolute atomic E-state index is 0.0204. The van der Waals surface area contributed by atoms with Gasteiger partial charge in [0.05, 0.1) is 6.04 Å². The van der Waals surface area contributed by atoms with Crippen LogP contribution < -0.4 is 10.6 Å². The highest BCUT2D eigenvalue weighted by molar-refractivity contribution is 6.35. The quantitative estimate of drug-likeness (QED) is 0.784. The summed E-state index contributed by atoms with van der Waals surface area (Å²) in [5, 5.41) is 6.55. The molecule has 2 amide bonds. The number of likely N-dealkylation sites (N-methyl/N-ethyl adjacent to an activating group) is 1. The van der Waals surface area contributed by atoms with E-state index in [0.29, 0.717) is 19.0 Å². The van der Waals surface area contributed by atoms with Gasteiger partial charge >= 0.3 is 11.8 Å². The number of fused-ring (bicyclic) bond motifs is 1. The molecular formula is C19H28N4O2. The molecule has 1 unspecified atom stereocenters. The Kier molecular flexibility index (Phi) is 6.20. The van der Waals surface area contributed by atoms with Crippen LogP contribution in [0.5, 0.6) is 0 Å². The first kappa shape index (κ1) is 19.0. The lowest BCUT2D eigenvalue weighted by Gasteiger charge is -2.24. The van der Waals surface area contributed by atoms with Gasteiger partial charge in [-0.05, 0) is 31.6 Å². The fraction of sp³-hybridized carbons (Fsp3) is 0.474. The van der Waals surface area contributed by atoms with Crippen molar-refractivity contribution in [2.75, 3.05) is 27.2 Å². The zero-order valence-corrected chi connectivity index (χ0v) is 15.7. The van der Waals surface area contributed by atoms with Crippen LogP contribution >= 0.6 is 0 Å². The number of hydrogen-bond acceptors (Lipinski definition) is 3. The predicted octanol–water partition coefficient (Wildman–Crippen LogP) is 1.67. The van der Waals surface area contributed by atoms with Crippen molar-refractivity contribution >= 4 is 22.7 Å². The highest BCUT2D eigenvalue weighted by Crippen LogP contribution is 2.28. The number of carbonyl (C=O) groups excluding carboxylic acids is 2. The Balaban J connectivity index is 2.11. The Morgan fingerprint density at radius 2 is 1.68 bits per heavy atom. The molecule has 2 rings (SSSR count). The zero-order valence-electron chi connectivity index (χ0n) is 15.7. The molecule has 136 valence electrons. The molecule has 25 heavy (non-hydrogen) atoms. The Morgan fingerprint density at radius 3 is 2.28 bits per heavy atom. The lowest BCUT2D eigenvalue weighted by molar-refractivity contribution is -0.139. The van der Waals surface area contributed by atoms with E-state index >= 15 is 0 Å². The number of aryl methyl sites for hydroxylation is 1. The summed E-state index contributed by atoms with van der Waals surface area (Å²) in [5.74, 6) is -0.862. The van der Waals surface area contributed by atoms with E-state index in [1.165, 1.54) is 0 Å². The second-order valence-corrected chi connectivity index (χ2v) is 7.01. The summed E-state index contributed by atoms with van der Waals surface area (Å²) in [6.45, 7) is 4.84. The molecule has 1 aromatic heterocycles. The standard InChI is InChI=1S/C19H28N4O2/c1-13(2)10-20-18(24)19(25)21-11-17(22(3)4)15-12-23(5)16-9-7-6-8-14(15)16/h6-9,12-13,17H,10-11H2,1-5H3,(H,20,24)(H,21,25). The second-order valence-electron chi connectivity index (χ2n) is 7.01. The molecular weight excluding hydrogens is 316 g/mol. The summed E-state index contributed by atoms with van der Waals surface area (Å²) in [5.41, 5.74) is 2.27. The van der Waals surface area contributed by atoms with Gasteiger partial charge in [0.15, 0.2) is 0 Å². The van der Waals surface area contributed by atoms with E-state index in [-0.39, 0.29) is 6.04 Å². The molecule has 0 spiro atoms.